The molecule has 1 rings (SSSR count). The van der Waals surface area contributed by atoms with Gasteiger partial charge in [0.15, 0.2) is 0 Å². The van der Waals surface area contributed by atoms with E-state index in [0.29, 0.717) is 17.1 Å². The Morgan fingerprint density at radius 2 is 2.13 bits per heavy atom. The molecular weight excluding hydrogens is 220 g/mol. The summed E-state index contributed by atoms with van der Waals surface area (Å²) < 4.78 is 30.5. The molecule has 0 aliphatic carbocycles. The van der Waals surface area contributed by atoms with Crippen LogP contribution in [0.2, 0.25) is 0 Å². The number of pyridine rings is 1. The summed E-state index contributed by atoms with van der Waals surface area (Å²) in [6.45, 7) is 1.64. The van der Waals surface area contributed by atoms with Gasteiger partial charge in [0, 0.05) is 11.8 Å². The second-order valence-corrected chi connectivity index (χ2v) is 4.14. The van der Waals surface area contributed by atoms with Gasteiger partial charge >= 0.3 is 10.3 Å². The Morgan fingerprint density at radius 3 is 2.67 bits per heavy atom. The van der Waals surface area contributed by atoms with E-state index in [1.54, 1.807) is 19.1 Å². The van der Waals surface area contributed by atoms with Gasteiger partial charge in [0.25, 0.3) is 0 Å². The topological polar surface area (TPSA) is 91.5 Å². The molecule has 0 saturated carbocycles. The molecule has 0 aromatic carbocycles. The smallest absolute Gasteiger partial charge is 0.333 e. The Hall–Kier alpha value is -1.18. The summed E-state index contributed by atoms with van der Waals surface area (Å²) in [7, 11) is -2.44. The van der Waals surface area contributed by atoms with Crippen LogP contribution in [0.15, 0.2) is 12.1 Å². The highest BCUT2D eigenvalue weighted by Crippen LogP contribution is 2.13. The highest BCUT2D eigenvalue weighted by Gasteiger charge is 2.05. The van der Waals surface area contributed by atoms with Gasteiger partial charge in [-0.1, -0.05) is 0 Å². The Kier molecular flexibility index (Phi) is 3.61. The van der Waals surface area contributed by atoms with E-state index >= 15 is 0 Å². The number of nitrogens with two attached hydrogens (primary N) is 1. The normalized spacial score (nSPS) is 11.4. The van der Waals surface area contributed by atoms with Gasteiger partial charge < -0.3 is 4.74 Å². The Balaban J connectivity index is 2.81. The van der Waals surface area contributed by atoms with Crippen LogP contribution in [0, 0.1) is 6.92 Å². The summed E-state index contributed by atoms with van der Waals surface area (Å²) in [6, 6.07) is 3.27. The second-order valence-electron chi connectivity index (χ2n) is 2.91. The lowest BCUT2D eigenvalue weighted by Crippen LogP contribution is -2.15. The van der Waals surface area contributed by atoms with E-state index < -0.39 is 10.3 Å². The molecule has 0 amide bonds. The maximum Gasteiger partial charge on any atom is 0.333 e. The summed E-state index contributed by atoms with van der Waals surface area (Å²) in [5.74, 6) is 0.406. The summed E-state index contributed by atoms with van der Waals surface area (Å²) in [5, 5.41) is 4.70. The molecule has 0 bridgehead atoms. The van der Waals surface area contributed by atoms with Gasteiger partial charge in [-0.15, -0.1) is 0 Å². The Labute approximate surface area is 88.3 Å². The van der Waals surface area contributed by atoms with E-state index in [2.05, 4.69) is 9.17 Å². The quantitative estimate of drug-likeness (QED) is 0.796. The maximum absolute atomic E-state index is 10.6. The molecule has 7 heteroatoms. The van der Waals surface area contributed by atoms with Crippen LogP contribution in [0.4, 0.5) is 0 Å². The number of methoxy groups -OCH3 is 1. The van der Waals surface area contributed by atoms with E-state index in [1.165, 1.54) is 7.11 Å². The minimum atomic E-state index is -3.92. The van der Waals surface area contributed by atoms with Crippen LogP contribution in [0.25, 0.3) is 0 Å². The SMILES string of the molecule is COc1cc(COS(N)(=O)=O)cc(C)n1. The van der Waals surface area contributed by atoms with Gasteiger partial charge in [0.05, 0.1) is 13.7 Å². The lowest BCUT2D eigenvalue weighted by Gasteiger charge is -2.05. The fourth-order valence-corrected chi connectivity index (χ4v) is 1.35. The van der Waals surface area contributed by atoms with Crippen molar-refractivity contribution < 1.29 is 17.3 Å². The molecule has 15 heavy (non-hydrogen) atoms. The van der Waals surface area contributed by atoms with Gasteiger partial charge in [-0.2, -0.15) is 8.42 Å². The van der Waals surface area contributed by atoms with Gasteiger partial charge in [-0.05, 0) is 18.6 Å². The first-order valence-electron chi connectivity index (χ1n) is 4.09. The number of ether oxygens (including phenoxy) is 1. The van der Waals surface area contributed by atoms with Crippen molar-refractivity contribution in [2.24, 2.45) is 5.14 Å². The minimum Gasteiger partial charge on any atom is -0.481 e. The van der Waals surface area contributed by atoms with Crippen molar-refractivity contribution in [3.8, 4) is 5.88 Å². The van der Waals surface area contributed by atoms with E-state index in [0.717, 1.165) is 0 Å². The van der Waals surface area contributed by atoms with Crippen LogP contribution in [0.1, 0.15) is 11.3 Å². The zero-order chi connectivity index (χ0) is 11.5. The lowest BCUT2D eigenvalue weighted by molar-refractivity contribution is 0.307. The first-order valence-corrected chi connectivity index (χ1v) is 5.56. The largest absolute Gasteiger partial charge is 0.481 e. The highest BCUT2D eigenvalue weighted by atomic mass is 32.2. The molecule has 6 nitrogen and oxygen atoms in total. The average Bonchev–Trinajstić information content (AvgIpc) is 2.13. The van der Waals surface area contributed by atoms with Gasteiger partial charge in [-0.25, -0.2) is 10.1 Å². The minimum absolute atomic E-state index is 0.126. The zero-order valence-electron chi connectivity index (χ0n) is 8.43. The highest BCUT2D eigenvalue weighted by molar-refractivity contribution is 7.84. The molecule has 0 saturated heterocycles. The number of aromatic nitrogens is 1. The third-order valence-corrected chi connectivity index (χ3v) is 2.04. The third kappa shape index (κ3) is 4.24. The fraction of sp³-hybridized carbons (Fsp3) is 0.375. The van der Waals surface area contributed by atoms with E-state index in [4.69, 9.17) is 9.88 Å². The van der Waals surface area contributed by atoms with Crippen molar-refractivity contribution in [3.05, 3.63) is 23.4 Å². The summed E-state index contributed by atoms with van der Waals surface area (Å²) in [4.78, 5) is 4.04. The number of aryl methyl sites for hydroxylation is 1. The molecule has 1 aromatic heterocycles. The third-order valence-electron chi connectivity index (χ3n) is 1.59. The predicted molar refractivity (Wildman–Crippen MR) is 53.4 cm³/mol. The van der Waals surface area contributed by atoms with E-state index in [-0.39, 0.29) is 6.61 Å². The van der Waals surface area contributed by atoms with Crippen molar-refractivity contribution >= 4 is 10.3 Å². The molecule has 2 N–H and O–H groups in total. The monoisotopic (exact) mass is 232 g/mol. The molecule has 1 aromatic rings. The van der Waals surface area contributed by atoms with Crippen LogP contribution in [-0.4, -0.2) is 20.5 Å². The predicted octanol–water partition coefficient (Wildman–Crippen LogP) is 0.119. The molecule has 0 radical (unpaired) electrons. The number of hydrogen-bond acceptors (Lipinski definition) is 5. The van der Waals surface area contributed by atoms with E-state index in [1.807, 2.05) is 0 Å². The number of rotatable bonds is 4. The summed E-state index contributed by atoms with van der Waals surface area (Å²) in [6.07, 6.45) is 0. The zero-order valence-corrected chi connectivity index (χ0v) is 9.24. The molecule has 0 aliphatic heterocycles. The number of hydrogen-bond donors (Lipinski definition) is 1. The van der Waals surface area contributed by atoms with E-state index in [9.17, 15) is 8.42 Å². The van der Waals surface area contributed by atoms with Crippen LogP contribution < -0.4 is 9.88 Å². The Bertz CT molecular complexity index is 444. The van der Waals surface area contributed by atoms with Gasteiger partial charge in [0.2, 0.25) is 5.88 Å². The van der Waals surface area contributed by atoms with Crippen molar-refractivity contribution in [2.45, 2.75) is 13.5 Å². The molecule has 0 aliphatic rings. The molecule has 0 fully saturated rings. The first-order chi connectivity index (χ1) is 6.90. The standard InChI is InChI=1S/C8H12N2O4S/c1-6-3-7(4-8(10-6)13-2)5-14-15(9,11)12/h3-4H,5H2,1-2H3,(H2,9,11,12). The van der Waals surface area contributed by atoms with Crippen molar-refractivity contribution in [1.29, 1.82) is 0 Å². The molecule has 84 valence electrons. The molecular formula is C8H12N2O4S. The van der Waals surface area contributed by atoms with Crippen molar-refractivity contribution in [2.75, 3.05) is 7.11 Å². The summed E-state index contributed by atoms with van der Waals surface area (Å²) >= 11 is 0. The number of nitrogens with zero attached hydrogens (tertiary/aromatic N) is 1. The van der Waals surface area contributed by atoms with Crippen LogP contribution in [0.3, 0.4) is 0 Å². The maximum atomic E-state index is 10.6. The molecule has 0 spiro atoms. The molecule has 0 atom stereocenters. The van der Waals surface area contributed by atoms with Crippen molar-refractivity contribution in [3.63, 3.8) is 0 Å². The van der Waals surface area contributed by atoms with Gasteiger partial charge in [0.1, 0.15) is 0 Å². The lowest BCUT2D eigenvalue weighted by atomic mass is 10.2. The summed E-state index contributed by atoms with van der Waals surface area (Å²) in [5.41, 5.74) is 1.34. The van der Waals surface area contributed by atoms with Crippen LogP contribution in [0.5, 0.6) is 5.88 Å². The van der Waals surface area contributed by atoms with Crippen LogP contribution in [-0.2, 0) is 21.1 Å². The van der Waals surface area contributed by atoms with Crippen molar-refractivity contribution in [1.82, 2.24) is 4.98 Å². The van der Waals surface area contributed by atoms with Crippen LogP contribution >= 0.6 is 0 Å². The fourth-order valence-electron chi connectivity index (χ4n) is 1.05. The Morgan fingerprint density at radius 1 is 1.47 bits per heavy atom. The average molecular weight is 232 g/mol. The van der Waals surface area contributed by atoms with Gasteiger partial charge in [-0.3, -0.25) is 4.18 Å². The molecule has 0 unspecified atom stereocenters. The first kappa shape index (κ1) is 11.9. The molecule has 1 heterocycles. The second kappa shape index (κ2) is 4.56.